The van der Waals surface area contributed by atoms with Gasteiger partial charge in [-0.1, -0.05) is 45.4 Å². The van der Waals surface area contributed by atoms with Crippen LogP contribution in [0, 0.1) is 17.8 Å². The molecule has 1 aromatic rings. The number of fused-ring (bicyclic) bond motifs is 1. The second-order valence-electron chi connectivity index (χ2n) is 10.9. The van der Waals surface area contributed by atoms with Gasteiger partial charge in [-0.25, -0.2) is 0 Å². The summed E-state index contributed by atoms with van der Waals surface area (Å²) in [7, 11) is 0. The molecule has 1 spiro atoms. The molecule has 6 atom stereocenters. The summed E-state index contributed by atoms with van der Waals surface area (Å²) >= 11 is 0. The number of nitrogens with one attached hydrogen (secondary N) is 2. The Labute approximate surface area is 207 Å². The maximum Gasteiger partial charge on any atom is 0.245 e. The van der Waals surface area contributed by atoms with E-state index in [1.807, 2.05) is 39.0 Å². The van der Waals surface area contributed by atoms with Crippen molar-refractivity contribution in [3.8, 4) is 0 Å². The lowest BCUT2D eigenvalue weighted by atomic mass is 9.66. The van der Waals surface area contributed by atoms with Crippen LogP contribution >= 0.6 is 0 Å². The summed E-state index contributed by atoms with van der Waals surface area (Å²) in [6.45, 7) is 8.25. The standard InChI is InChI=1S/C27H39N3O5/c1-5-6-14-28-24(33)22-27-13-12-26(4,35-27)20(23(32)29-18-10-8-7-9-11-18)21(27)25(34)30(22)19(16-31)15-17(2)3/h7-11,17,19-22,31H,5-6,12-16H2,1-4H3,(H,28,33)(H,29,32)/t19-,20-,21+,22?,26+,27?/m1/s1. The van der Waals surface area contributed by atoms with Crippen LogP contribution in [0.4, 0.5) is 5.69 Å². The third kappa shape index (κ3) is 4.35. The van der Waals surface area contributed by atoms with Gasteiger partial charge in [-0.3, -0.25) is 14.4 Å². The van der Waals surface area contributed by atoms with Crippen molar-refractivity contribution in [2.24, 2.45) is 17.8 Å². The number of ether oxygens (including phenoxy) is 1. The Hall–Kier alpha value is -2.45. The quantitative estimate of drug-likeness (QED) is 0.442. The molecule has 3 N–H and O–H groups in total. The van der Waals surface area contributed by atoms with Gasteiger partial charge < -0.3 is 25.4 Å². The Kier molecular flexibility index (Phi) is 7.25. The molecule has 3 amide bonds. The molecular weight excluding hydrogens is 446 g/mol. The second-order valence-corrected chi connectivity index (χ2v) is 10.9. The van der Waals surface area contributed by atoms with E-state index >= 15 is 0 Å². The molecule has 2 unspecified atom stereocenters. The fourth-order valence-corrected chi connectivity index (χ4v) is 6.50. The number of likely N-dealkylation sites (tertiary alicyclic amines) is 1. The minimum Gasteiger partial charge on any atom is -0.394 e. The molecule has 8 nitrogen and oxygen atoms in total. The summed E-state index contributed by atoms with van der Waals surface area (Å²) in [6.07, 6.45) is 3.44. The summed E-state index contributed by atoms with van der Waals surface area (Å²) in [4.78, 5) is 42.8. The number of carbonyl (C=O) groups is 3. The first-order chi connectivity index (χ1) is 16.7. The van der Waals surface area contributed by atoms with E-state index in [1.165, 1.54) is 0 Å². The Balaban J connectivity index is 1.72. The normalized spacial score (nSPS) is 32.1. The van der Waals surface area contributed by atoms with Crippen LogP contribution < -0.4 is 10.6 Å². The Morgan fingerprint density at radius 3 is 2.54 bits per heavy atom. The van der Waals surface area contributed by atoms with Crippen LogP contribution in [0.2, 0.25) is 0 Å². The Bertz CT molecular complexity index is 953. The Morgan fingerprint density at radius 1 is 1.20 bits per heavy atom. The van der Waals surface area contributed by atoms with Crippen LogP contribution in [0.5, 0.6) is 0 Å². The van der Waals surface area contributed by atoms with Crippen molar-refractivity contribution in [1.82, 2.24) is 10.2 Å². The molecule has 0 radical (unpaired) electrons. The van der Waals surface area contributed by atoms with Gasteiger partial charge in [0.15, 0.2) is 0 Å². The highest BCUT2D eigenvalue weighted by atomic mass is 16.5. The third-order valence-corrected chi connectivity index (χ3v) is 7.96. The van der Waals surface area contributed by atoms with Gasteiger partial charge in [0, 0.05) is 12.2 Å². The number of para-hydroxylation sites is 1. The van der Waals surface area contributed by atoms with E-state index in [0.717, 1.165) is 12.8 Å². The van der Waals surface area contributed by atoms with Crippen molar-refractivity contribution in [1.29, 1.82) is 0 Å². The van der Waals surface area contributed by atoms with Gasteiger partial charge in [0.2, 0.25) is 17.7 Å². The average Bonchev–Trinajstić information content (AvgIpc) is 3.39. The molecule has 1 aromatic carbocycles. The summed E-state index contributed by atoms with van der Waals surface area (Å²) in [6, 6.07) is 7.78. The number of carbonyl (C=O) groups excluding carboxylic acids is 3. The van der Waals surface area contributed by atoms with Crippen molar-refractivity contribution in [2.75, 3.05) is 18.5 Å². The molecule has 3 heterocycles. The summed E-state index contributed by atoms with van der Waals surface area (Å²) in [5.41, 5.74) is -1.26. The molecule has 3 aliphatic heterocycles. The Morgan fingerprint density at radius 2 is 1.91 bits per heavy atom. The monoisotopic (exact) mass is 485 g/mol. The van der Waals surface area contributed by atoms with Crippen LogP contribution in [0.15, 0.2) is 30.3 Å². The van der Waals surface area contributed by atoms with Gasteiger partial charge in [0.25, 0.3) is 0 Å². The number of rotatable bonds is 10. The largest absolute Gasteiger partial charge is 0.394 e. The predicted octanol–water partition coefficient (Wildman–Crippen LogP) is 2.71. The van der Waals surface area contributed by atoms with E-state index in [1.54, 1.807) is 17.0 Å². The number of anilines is 1. The first-order valence-corrected chi connectivity index (χ1v) is 13.0. The van der Waals surface area contributed by atoms with Crippen LogP contribution in [-0.4, -0.2) is 64.2 Å². The highest BCUT2D eigenvalue weighted by Gasteiger charge is 2.78. The number of unbranched alkanes of at least 4 members (excludes halogenated alkanes) is 1. The van der Waals surface area contributed by atoms with E-state index in [-0.39, 0.29) is 30.2 Å². The molecule has 0 aromatic heterocycles. The fraction of sp³-hybridized carbons (Fsp3) is 0.667. The first-order valence-electron chi connectivity index (χ1n) is 13.0. The number of hydrogen-bond donors (Lipinski definition) is 3. The van der Waals surface area contributed by atoms with E-state index in [0.29, 0.717) is 31.5 Å². The van der Waals surface area contributed by atoms with E-state index in [4.69, 9.17) is 4.74 Å². The lowest BCUT2D eigenvalue weighted by molar-refractivity contribution is -0.149. The maximum atomic E-state index is 14.1. The van der Waals surface area contributed by atoms with Crippen LogP contribution in [0.25, 0.3) is 0 Å². The SMILES string of the molecule is CCCCNC(=O)C1N([C@@H](CO)CC(C)C)C(=O)[C@@H]2[C@H](C(=O)Nc3ccccc3)[C@]3(C)CCC12O3. The number of hydrogen-bond acceptors (Lipinski definition) is 5. The minimum atomic E-state index is -1.08. The zero-order valence-electron chi connectivity index (χ0n) is 21.3. The molecule has 3 fully saturated rings. The smallest absolute Gasteiger partial charge is 0.245 e. The fourth-order valence-electron chi connectivity index (χ4n) is 6.50. The van der Waals surface area contributed by atoms with E-state index in [9.17, 15) is 19.5 Å². The van der Waals surface area contributed by atoms with Crippen molar-refractivity contribution < 1.29 is 24.2 Å². The number of benzene rings is 1. The molecule has 35 heavy (non-hydrogen) atoms. The topological polar surface area (TPSA) is 108 Å². The van der Waals surface area contributed by atoms with Crippen LogP contribution in [0.3, 0.4) is 0 Å². The molecular formula is C27H39N3O5. The second kappa shape index (κ2) is 9.90. The van der Waals surface area contributed by atoms with Gasteiger partial charge >= 0.3 is 0 Å². The molecule has 0 aliphatic carbocycles. The zero-order chi connectivity index (χ0) is 25.4. The van der Waals surface area contributed by atoms with Crippen molar-refractivity contribution in [3.05, 3.63) is 30.3 Å². The van der Waals surface area contributed by atoms with Crippen LogP contribution in [-0.2, 0) is 19.1 Å². The molecule has 0 saturated carbocycles. The molecule has 2 bridgehead atoms. The minimum absolute atomic E-state index is 0.216. The summed E-state index contributed by atoms with van der Waals surface area (Å²) < 4.78 is 6.62. The number of aliphatic hydroxyl groups is 1. The van der Waals surface area contributed by atoms with Gasteiger partial charge in [-0.15, -0.1) is 0 Å². The molecule has 8 heteroatoms. The van der Waals surface area contributed by atoms with Gasteiger partial charge in [-0.05, 0) is 50.7 Å². The highest BCUT2D eigenvalue weighted by molar-refractivity contribution is 6.02. The number of aliphatic hydroxyl groups excluding tert-OH is 1. The van der Waals surface area contributed by atoms with Crippen molar-refractivity contribution >= 4 is 23.4 Å². The lowest BCUT2D eigenvalue weighted by Gasteiger charge is -2.37. The molecule has 3 saturated heterocycles. The van der Waals surface area contributed by atoms with Crippen molar-refractivity contribution in [2.45, 2.75) is 83.1 Å². The predicted molar refractivity (Wildman–Crippen MR) is 132 cm³/mol. The van der Waals surface area contributed by atoms with Crippen LogP contribution in [0.1, 0.15) is 59.8 Å². The van der Waals surface area contributed by atoms with E-state index < -0.39 is 35.1 Å². The van der Waals surface area contributed by atoms with Crippen molar-refractivity contribution in [3.63, 3.8) is 0 Å². The van der Waals surface area contributed by atoms with Gasteiger partial charge in [-0.2, -0.15) is 0 Å². The molecule has 192 valence electrons. The lowest BCUT2D eigenvalue weighted by Crippen LogP contribution is -2.58. The maximum absolute atomic E-state index is 14.1. The highest BCUT2D eigenvalue weighted by Crippen LogP contribution is 2.63. The molecule has 4 rings (SSSR count). The summed E-state index contributed by atoms with van der Waals surface area (Å²) in [5.74, 6) is -2.07. The zero-order valence-corrected chi connectivity index (χ0v) is 21.3. The van der Waals surface area contributed by atoms with Gasteiger partial charge in [0.05, 0.1) is 30.1 Å². The summed E-state index contributed by atoms with van der Waals surface area (Å²) in [5, 5.41) is 16.2. The van der Waals surface area contributed by atoms with E-state index in [2.05, 4.69) is 17.6 Å². The average molecular weight is 486 g/mol. The third-order valence-electron chi connectivity index (χ3n) is 7.96. The first kappa shape index (κ1) is 25.6. The molecule has 3 aliphatic rings. The number of amides is 3. The number of nitrogens with zero attached hydrogens (tertiary/aromatic N) is 1. The van der Waals surface area contributed by atoms with Gasteiger partial charge in [0.1, 0.15) is 11.6 Å².